The molecule has 0 radical (unpaired) electrons. The maximum absolute atomic E-state index is 12.8. The number of hydrogen-bond donors (Lipinski definition) is 3. The fourth-order valence-corrected chi connectivity index (χ4v) is 2.99. The van der Waals surface area contributed by atoms with E-state index in [0.29, 0.717) is 6.42 Å². The van der Waals surface area contributed by atoms with Crippen molar-refractivity contribution in [3.63, 3.8) is 0 Å². The molecule has 0 bridgehead atoms. The number of alkyl carbamates (subject to hydrolysis) is 2. The Morgan fingerprint density at radius 1 is 0.889 bits per heavy atom. The maximum atomic E-state index is 12.8. The lowest BCUT2D eigenvalue weighted by Crippen LogP contribution is -2.51. The molecule has 1 aromatic carbocycles. The Morgan fingerprint density at radius 2 is 1.47 bits per heavy atom. The first-order chi connectivity index (χ1) is 16.7. The third kappa shape index (κ3) is 13.4. The van der Waals surface area contributed by atoms with E-state index in [1.54, 1.807) is 41.5 Å². The lowest BCUT2D eigenvalue weighted by molar-refractivity contribution is -0.123. The molecule has 4 N–H and O–H groups in total. The average molecular weight is 509 g/mol. The fourth-order valence-electron chi connectivity index (χ4n) is 2.99. The minimum absolute atomic E-state index is 0.0475. The second kappa shape index (κ2) is 14.2. The average Bonchev–Trinajstić information content (AvgIpc) is 2.74. The molecule has 0 heterocycles. The van der Waals surface area contributed by atoms with Crippen LogP contribution in [0.4, 0.5) is 14.4 Å². The lowest BCUT2D eigenvalue weighted by Gasteiger charge is -2.32. The number of primary amides is 1. The quantitative estimate of drug-likeness (QED) is 0.307. The molecule has 11 heteroatoms. The fraction of sp³-hybridized carbons (Fsp3) is 0.600. The number of benzene rings is 1. The maximum Gasteiger partial charge on any atom is 0.410 e. The molecule has 202 valence electrons. The van der Waals surface area contributed by atoms with E-state index in [0.717, 1.165) is 5.56 Å². The topological polar surface area (TPSA) is 149 Å². The Balaban J connectivity index is 2.68. The number of carbonyl (C=O) groups excluding carboxylic acids is 4. The van der Waals surface area contributed by atoms with E-state index in [-0.39, 0.29) is 32.7 Å². The second-order valence-corrected chi connectivity index (χ2v) is 10.2. The number of amides is 4. The third-order valence-electron chi connectivity index (χ3n) is 4.48. The summed E-state index contributed by atoms with van der Waals surface area (Å²) in [5.74, 6) is -0.748. The summed E-state index contributed by atoms with van der Waals surface area (Å²) >= 11 is 0. The molecule has 1 aromatic rings. The van der Waals surface area contributed by atoms with Crippen LogP contribution in [0, 0.1) is 0 Å². The van der Waals surface area contributed by atoms with E-state index >= 15 is 0 Å². The first-order valence-corrected chi connectivity index (χ1v) is 11.9. The van der Waals surface area contributed by atoms with Crippen LogP contribution in [0.3, 0.4) is 0 Å². The molecule has 4 amide bonds. The molecule has 0 unspecified atom stereocenters. The second-order valence-electron chi connectivity index (χ2n) is 10.2. The molecule has 0 spiro atoms. The van der Waals surface area contributed by atoms with Gasteiger partial charge in [0.15, 0.2) is 0 Å². The zero-order valence-electron chi connectivity index (χ0n) is 22.1. The van der Waals surface area contributed by atoms with Crippen molar-refractivity contribution < 1.29 is 33.4 Å². The smallest absolute Gasteiger partial charge is 0.410 e. The van der Waals surface area contributed by atoms with Gasteiger partial charge in [-0.25, -0.2) is 14.4 Å². The summed E-state index contributed by atoms with van der Waals surface area (Å²) in [5, 5.41) is 5.17. The van der Waals surface area contributed by atoms with Gasteiger partial charge in [-0.3, -0.25) is 9.69 Å². The van der Waals surface area contributed by atoms with Crippen molar-refractivity contribution in [2.24, 2.45) is 5.73 Å². The van der Waals surface area contributed by atoms with Crippen LogP contribution in [-0.4, -0.2) is 66.0 Å². The highest BCUT2D eigenvalue weighted by Crippen LogP contribution is 2.14. The van der Waals surface area contributed by atoms with Gasteiger partial charge in [0.25, 0.3) is 0 Å². The van der Waals surface area contributed by atoms with E-state index in [1.807, 2.05) is 30.3 Å². The SMILES string of the molecule is CC(C)(C)OC(=O)NCC[C@@H](C(N)=O)N(CCCNC(=O)OCc1ccccc1)C(=O)OC(C)(C)C. The van der Waals surface area contributed by atoms with Crippen molar-refractivity contribution in [1.82, 2.24) is 15.5 Å². The van der Waals surface area contributed by atoms with E-state index < -0.39 is 41.4 Å². The molecule has 0 saturated heterocycles. The van der Waals surface area contributed by atoms with E-state index in [9.17, 15) is 19.2 Å². The van der Waals surface area contributed by atoms with Gasteiger partial charge in [-0.1, -0.05) is 30.3 Å². The van der Waals surface area contributed by atoms with Crippen LogP contribution in [0.25, 0.3) is 0 Å². The summed E-state index contributed by atoms with van der Waals surface area (Å²) in [5.41, 5.74) is 4.96. The lowest BCUT2D eigenvalue weighted by atomic mass is 10.1. The van der Waals surface area contributed by atoms with E-state index in [4.69, 9.17) is 19.9 Å². The normalized spacial score (nSPS) is 12.2. The Labute approximate surface area is 213 Å². The predicted octanol–water partition coefficient (Wildman–Crippen LogP) is 3.31. The third-order valence-corrected chi connectivity index (χ3v) is 4.48. The van der Waals surface area contributed by atoms with E-state index in [1.165, 1.54) is 4.90 Å². The van der Waals surface area contributed by atoms with Crippen molar-refractivity contribution in [3.8, 4) is 0 Å². The Hall–Kier alpha value is -3.50. The van der Waals surface area contributed by atoms with Crippen molar-refractivity contribution >= 4 is 24.2 Å². The van der Waals surface area contributed by atoms with Crippen molar-refractivity contribution in [1.29, 1.82) is 0 Å². The largest absolute Gasteiger partial charge is 0.445 e. The van der Waals surface area contributed by atoms with Crippen LogP contribution in [0.1, 0.15) is 59.9 Å². The molecule has 0 aliphatic carbocycles. The number of nitrogens with zero attached hydrogens (tertiary/aromatic N) is 1. The van der Waals surface area contributed by atoms with Gasteiger partial charge in [-0.2, -0.15) is 0 Å². The summed E-state index contributed by atoms with van der Waals surface area (Å²) in [6, 6.07) is 8.20. The number of carbonyl (C=O) groups is 4. The number of ether oxygens (including phenoxy) is 3. The van der Waals surface area contributed by atoms with Crippen LogP contribution in [-0.2, 0) is 25.6 Å². The van der Waals surface area contributed by atoms with Gasteiger partial charge < -0.3 is 30.6 Å². The molecule has 11 nitrogen and oxygen atoms in total. The van der Waals surface area contributed by atoms with Gasteiger partial charge in [-0.05, 0) is 59.9 Å². The standard InChI is InChI=1S/C25H40N4O7/c1-24(2,3)35-22(32)28-15-13-19(20(26)30)29(23(33)36-25(4,5)6)16-10-14-27-21(31)34-17-18-11-8-7-9-12-18/h7-9,11-12,19H,10,13-17H2,1-6H3,(H2,26,30)(H,27,31)(H,28,32)/t19-/m0/s1. The van der Waals surface area contributed by atoms with Gasteiger partial charge in [0.2, 0.25) is 5.91 Å². The minimum Gasteiger partial charge on any atom is -0.445 e. The van der Waals surface area contributed by atoms with Crippen LogP contribution in [0.2, 0.25) is 0 Å². The van der Waals surface area contributed by atoms with Gasteiger partial charge in [0, 0.05) is 19.6 Å². The van der Waals surface area contributed by atoms with Crippen molar-refractivity contribution in [3.05, 3.63) is 35.9 Å². The van der Waals surface area contributed by atoms with Gasteiger partial charge in [0.05, 0.1) is 0 Å². The van der Waals surface area contributed by atoms with Crippen LogP contribution in [0.5, 0.6) is 0 Å². The first kappa shape index (κ1) is 30.5. The first-order valence-electron chi connectivity index (χ1n) is 11.9. The molecule has 1 atom stereocenters. The molecule has 0 aromatic heterocycles. The highest BCUT2D eigenvalue weighted by molar-refractivity contribution is 5.84. The molecule has 0 aliphatic rings. The van der Waals surface area contributed by atoms with Crippen LogP contribution >= 0.6 is 0 Å². The summed E-state index contributed by atoms with van der Waals surface area (Å²) in [6.45, 7) is 10.8. The zero-order chi connectivity index (χ0) is 27.4. The Morgan fingerprint density at radius 3 is 2.03 bits per heavy atom. The number of hydrogen-bond acceptors (Lipinski definition) is 7. The summed E-state index contributed by atoms with van der Waals surface area (Å²) in [7, 11) is 0. The monoisotopic (exact) mass is 508 g/mol. The number of nitrogens with two attached hydrogens (primary N) is 1. The summed E-state index contributed by atoms with van der Waals surface area (Å²) < 4.78 is 15.8. The zero-order valence-corrected chi connectivity index (χ0v) is 22.1. The van der Waals surface area contributed by atoms with Gasteiger partial charge in [-0.15, -0.1) is 0 Å². The van der Waals surface area contributed by atoms with Crippen molar-refractivity contribution in [2.45, 2.75) is 78.2 Å². The predicted molar refractivity (Wildman–Crippen MR) is 134 cm³/mol. The molecule has 0 saturated carbocycles. The van der Waals surface area contributed by atoms with E-state index in [2.05, 4.69) is 10.6 Å². The molecule has 36 heavy (non-hydrogen) atoms. The Bertz CT molecular complexity index is 863. The highest BCUT2D eigenvalue weighted by atomic mass is 16.6. The molecular formula is C25H40N4O7. The Kier molecular flexibility index (Phi) is 12.0. The van der Waals surface area contributed by atoms with Gasteiger partial charge in [0.1, 0.15) is 23.9 Å². The van der Waals surface area contributed by atoms with Gasteiger partial charge >= 0.3 is 18.3 Å². The van der Waals surface area contributed by atoms with Crippen LogP contribution in [0.15, 0.2) is 30.3 Å². The highest BCUT2D eigenvalue weighted by Gasteiger charge is 2.31. The van der Waals surface area contributed by atoms with Crippen LogP contribution < -0.4 is 16.4 Å². The minimum atomic E-state index is -1.04. The van der Waals surface area contributed by atoms with Crippen molar-refractivity contribution in [2.75, 3.05) is 19.6 Å². The number of rotatable bonds is 11. The number of nitrogens with one attached hydrogen (secondary N) is 2. The molecule has 1 rings (SSSR count). The molecule has 0 fully saturated rings. The summed E-state index contributed by atoms with van der Waals surface area (Å²) in [4.78, 5) is 50.2. The summed E-state index contributed by atoms with van der Waals surface area (Å²) in [6.07, 6.45) is -1.61. The molecular weight excluding hydrogens is 468 g/mol. The molecule has 0 aliphatic heterocycles.